The van der Waals surface area contributed by atoms with E-state index in [1.807, 2.05) is 24.1 Å². The Morgan fingerprint density at radius 2 is 2.11 bits per heavy atom. The van der Waals surface area contributed by atoms with Gasteiger partial charge in [-0.1, -0.05) is 19.9 Å². The molecule has 0 unspecified atom stereocenters. The number of rotatable bonds is 8. The molecule has 0 saturated heterocycles. The van der Waals surface area contributed by atoms with Crippen LogP contribution in [0.25, 0.3) is 0 Å². The molecular formula is C15H25FN2O. The molecule has 0 bridgehead atoms. The van der Waals surface area contributed by atoms with Crippen molar-refractivity contribution in [3.8, 4) is 0 Å². The summed E-state index contributed by atoms with van der Waals surface area (Å²) in [6, 6.07) is 5.43. The Morgan fingerprint density at radius 1 is 1.37 bits per heavy atom. The van der Waals surface area contributed by atoms with Gasteiger partial charge in [0.25, 0.3) is 0 Å². The summed E-state index contributed by atoms with van der Waals surface area (Å²) in [7, 11) is 3.52. The van der Waals surface area contributed by atoms with Gasteiger partial charge in [-0.25, -0.2) is 4.39 Å². The Labute approximate surface area is 115 Å². The van der Waals surface area contributed by atoms with Crippen molar-refractivity contribution in [2.75, 3.05) is 38.8 Å². The molecule has 0 aliphatic rings. The summed E-state index contributed by atoms with van der Waals surface area (Å²) in [4.78, 5) is 2.05. The van der Waals surface area contributed by atoms with Crippen molar-refractivity contribution in [1.29, 1.82) is 0 Å². The van der Waals surface area contributed by atoms with E-state index in [0.717, 1.165) is 12.1 Å². The molecule has 0 heterocycles. The molecule has 0 aliphatic heterocycles. The molecule has 1 aromatic rings. The zero-order valence-corrected chi connectivity index (χ0v) is 12.4. The van der Waals surface area contributed by atoms with Crippen LogP contribution in [-0.4, -0.2) is 33.9 Å². The predicted molar refractivity (Wildman–Crippen MR) is 78.1 cm³/mol. The number of hydrogen-bond acceptors (Lipinski definition) is 3. The summed E-state index contributed by atoms with van der Waals surface area (Å²) >= 11 is 0. The molecule has 1 aromatic carbocycles. The summed E-state index contributed by atoms with van der Waals surface area (Å²) < 4.78 is 19.3. The van der Waals surface area contributed by atoms with Crippen molar-refractivity contribution in [3.63, 3.8) is 0 Å². The maximum absolute atomic E-state index is 14.2. The Balaban J connectivity index is 2.87. The average Bonchev–Trinajstić information content (AvgIpc) is 2.35. The summed E-state index contributed by atoms with van der Waals surface area (Å²) in [5, 5.41) is 3.03. The van der Waals surface area contributed by atoms with Crippen molar-refractivity contribution < 1.29 is 9.13 Å². The molecule has 1 N–H and O–H groups in total. The van der Waals surface area contributed by atoms with E-state index in [9.17, 15) is 4.39 Å². The number of methoxy groups -OCH3 is 1. The number of ether oxygens (including phenoxy) is 1. The highest BCUT2D eigenvalue weighted by atomic mass is 19.1. The first kappa shape index (κ1) is 15.9. The van der Waals surface area contributed by atoms with Crippen LogP contribution in [-0.2, 0) is 11.3 Å². The fourth-order valence-corrected chi connectivity index (χ4v) is 2.07. The number of nitrogens with zero attached hydrogens (tertiary/aromatic N) is 1. The third-order valence-corrected chi connectivity index (χ3v) is 2.88. The van der Waals surface area contributed by atoms with Gasteiger partial charge in [-0.15, -0.1) is 0 Å². The number of anilines is 1. The summed E-state index contributed by atoms with van der Waals surface area (Å²) in [5.74, 6) is 0.317. The van der Waals surface area contributed by atoms with Gasteiger partial charge < -0.3 is 15.0 Å². The Morgan fingerprint density at radius 3 is 2.63 bits per heavy atom. The van der Waals surface area contributed by atoms with Crippen molar-refractivity contribution in [1.82, 2.24) is 5.32 Å². The van der Waals surface area contributed by atoms with Gasteiger partial charge in [0.2, 0.25) is 0 Å². The lowest BCUT2D eigenvalue weighted by Gasteiger charge is -2.27. The zero-order valence-electron chi connectivity index (χ0n) is 12.4. The van der Waals surface area contributed by atoms with Crippen LogP contribution < -0.4 is 10.2 Å². The second-order valence-electron chi connectivity index (χ2n) is 5.15. The third-order valence-electron chi connectivity index (χ3n) is 2.88. The maximum atomic E-state index is 14.2. The van der Waals surface area contributed by atoms with Gasteiger partial charge in [0.1, 0.15) is 5.82 Å². The highest BCUT2D eigenvalue weighted by molar-refractivity contribution is 5.49. The minimum absolute atomic E-state index is 0.162. The summed E-state index contributed by atoms with van der Waals surface area (Å²) in [5.41, 5.74) is 1.62. The van der Waals surface area contributed by atoms with Crippen LogP contribution in [0.3, 0.4) is 0 Å². The molecule has 0 amide bonds. The van der Waals surface area contributed by atoms with E-state index in [2.05, 4.69) is 19.2 Å². The standard InChI is InChI=1S/C15H25FN2O/c1-12(2)11-18(7-8-19-4)15-6-5-13(10-17-3)9-14(15)16/h5-6,9,12,17H,7-8,10-11H2,1-4H3. The maximum Gasteiger partial charge on any atom is 0.146 e. The van der Waals surface area contributed by atoms with Crippen molar-refractivity contribution >= 4 is 5.69 Å². The molecular weight excluding hydrogens is 243 g/mol. The van der Waals surface area contributed by atoms with E-state index in [1.54, 1.807) is 13.2 Å². The summed E-state index contributed by atoms with van der Waals surface area (Å²) in [6.45, 7) is 7.08. The second kappa shape index (κ2) is 8.12. The van der Waals surface area contributed by atoms with Gasteiger partial charge in [0, 0.05) is 26.7 Å². The van der Waals surface area contributed by atoms with E-state index in [1.165, 1.54) is 0 Å². The predicted octanol–water partition coefficient (Wildman–Crippen LogP) is 2.65. The van der Waals surface area contributed by atoms with E-state index in [4.69, 9.17) is 4.74 Å². The van der Waals surface area contributed by atoms with E-state index < -0.39 is 0 Å². The lowest BCUT2D eigenvalue weighted by Crippen LogP contribution is -2.31. The molecule has 3 nitrogen and oxygen atoms in total. The molecule has 0 aromatic heterocycles. The molecule has 0 aliphatic carbocycles. The lowest BCUT2D eigenvalue weighted by molar-refractivity contribution is 0.204. The first-order chi connectivity index (χ1) is 9.08. The highest BCUT2D eigenvalue weighted by Gasteiger charge is 2.13. The van der Waals surface area contributed by atoms with Crippen LogP contribution >= 0.6 is 0 Å². The normalized spacial score (nSPS) is 11.1. The monoisotopic (exact) mass is 268 g/mol. The fraction of sp³-hybridized carbons (Fsp3) is 0.600. The van der Waals surface area contributed by atoms with E-state index in [-0.39, 0.29) is 5.82 Å². The third kappa shape index (κ3) is 5.17. The Hall–Kier alpha value is -1.13. The topological polar surface area (TPSA) is 24.5 Å². The molecule has 0 saturated carbocycles. The molecule has 0 spiro atoms. The van der Waals surface area contributed by atoms with Crippen LogP contribution in [0.4, 0.5) is 10.1 Å². The zero-order chi connectivity index (χ0) is 14.3. The molecule has 1 rings (SSSR count). The minimum Gasteiger partial charge on any atom is -0.383 e. The van der Waals surface area contributed by atoms with Crippen LogP contribution in [0.15, 0.2) is 18.2 Å². The number of halogens is 1. The first-order valence-corrected chi connectivity index (χ1v) is 6.75. The smallest absolute Gasteiger partial charge is 0.146 e. The van der Waals surface area contributed by atoms with Crippen molar-refractivity contribution in [2.45, 2.75) is 20.4 Å². The van der Waals surface area contributed by atoms with Gasteiger partial charge >= 0.3 is 0 Å². The summed E-state index contributed by atoms with van der Waals surface area (Å²) in [6.07, 6.45) is 0. The molecule has 0 atom stereocenters. The number of hydrogen-bond donors (Lipinski definition) is 1. The SMILES string of the molecule is CNCc1ccc(N(CCOC)CC(C)C)c(F)c1. The van der Waals surface area contributed by atoms with Crippen LogP contribution in [0, 0.1) is 11.7 Å². The van der Waals surface area contributed by atoms with Gasteiger partial charge in [-0.05, 0) is 30.7 Å². The molecule has 0 fully saturated rings. The molecule has 19 heavy (non-hydrogen) atoms. The molecule has 108 valence electrons. The van der Waals surface area contributed by atoms with E-state index >= 15 is 0 Å². The molecule has 4 heteroatoms. The fourth-order valence-electron chi connectivity index (χ4n) is 2.07. The van der Waals surface area contributed by atoms with Gasteiger partial charge in [-0.3, -0.25) is 0 Å². The number of nitrogens with one attached hydrogen (secondary N) is 1. The van der Waals surface area contributed by atoms with E-state index in [0.29, 0.717) is 31.3 Å². The highest BCUT2D eigenvalue weighted by Crippen LogP contribution is 2.21. The van der Waals surface area contributed by atoms with Gasteiger partial charge in [0.15, 0.2) is 0 Å². The molecule has 0 radical (unpaired) electrons. The Bertz CT molecular complexity index is 382. The van der Waals surface area contributed by atoms with Crippen molar-refractivity contribution in [2.24, 2.45) is 5.92 Å². The minimum atomic E-state index is -0.162. The average molecular weight is 268 g/mol. The van der Waals surface area contributed by atoms with Crippen LogP contribution in [0.5, 0.6) is 0 Å². The second-order valence-corrected chi connectivity index (χ2v) is 5.15. The van der Waals surface area contributed by atoms with Gasteiger partial charge in [0.05, 0.1) is 12.3 Å². The quantitative estimate of drug-likeness (QED) is 0.784. The van der Waals surface area contributed by atoms with Crippen LogP contribution in [0.2, 0.25) is 0 Å². The lowest BCUT2D eigenvalue weighted by atomic mass is 10.1. The largest absolute Gasteiger partial charge is 0.383 e. The Kier molecular flexibility index (Phi) is 6.81. The van der Waals surface area contributed by atoms with Crippen LogP contribution in [0.1, 0.15) is 19.4 Å². The number of benzene rings is 1. The van der Waals surface area contributed by atoms with Crippen molar-refractivity contribution in [3.05, 3.63) is 29.6 Å². The first-order valence-electron chi connectivity index (χ1n) is 6.75. The van der Waals surface area contributed by atoms with Gasteiger partial charge in [-0.2, -0.15) is 0 Å².